The van der Waals surface area contributed by atoms with Gasteiger partial charge in [-0.3, -0.25) is 4.98 Å². The molecule has 56 heavy (non-hydrogen) atoms. The molecule has 0 unspecified atom stereocenters. The highest BCUT2D eigenvalue weighted by molar-refractivity contribution is 5.89. The molecule has 11 rings (SSSR count). The third-order valence-electron chi connectivity index (χ3n) is 11.3. The normalized spacial score (nSPS) is 12.9. The molecule has 7 aromatic carbocycles. The summed E-state index contributed by atoms with van der Waals surface area (Å²) in [5.74, 6) is 2.38. The van der Waals surface area contributed by atoms with E-state index in [0.717, 1.165) is 73.0 Å². The van der Waals surface area contributed by atoms with Gasteiger partial charge in [0, 0.05) is 45.8 Å². The van der Waals surface area contributed by atoms with Crippen LogP contribution in [0.5, 0.6) is 11.5 Å². The number of benzene rings is 7. The Kier molecular flexibility index (Phi) is 7.36. The molecule has 9 aromatic rings. The lowest BCUT2D eigenvalue weighted by molar-refractivity contribution is 0.437. The number of fused-ring (bicyclic) bond motifs is 9. The smallest absolute Gasteiger partial charge is 0.160 e. The van der Waals surface area contributed by atoms with Crippen LogP contribution < -0.4 is 4.74 Å². The van der Waals surface area contributed by atoms with E-state index in [4.69, 9.17) is 14.7 Å². The second-order valence-electron chi connectivity index (χ2n) is 14.4. The number of hydrogen-bond donors (Lipinski definition) is 0. The highest BCUT2D eigenvalue weighted by Gasteiger charge is 2.51. The summed E-state index contributed by atoms with van der Waals surface area (Å²) in [7, 11) is 0. The van der Waals surface area contributed by atoms with Crippen molar-refractivity contribution in [2.24, 2.45) is 0 Å². The maximum atomic E-state index is 7.02. The molecule has 3 heterocycles. The van der Waals surface area contributed by atoms with E-state index >= 15 is 0 Å². The Morgan fingerprint density at radius 2 is 0.875 bits per heavy atom. The van der Waals surface area contributed by atoms with Crippen LogP contribution in [-0.2, 0) is 5.41 Å². The summed E-state index contributed by atoms with van der Waals surface area (Å²) in [5.41, 5.74) is 15.8. The van der Waals surface area contributed by atoms with Gasteiger partial charge in [-0.2, -0.15) is 0 Å². The molecule has 0 radical (unpaired) electrons. The third kappa shape index (κ3) is 5.04. The SMILES string of the molecule is c1ccc(-c2cc(-c3cccc(-c4ccc5c(c4)Oc4cc(-c6cccnc6)ccc4C54c5ccccc5-c5ccccc54)c3)nc(-c3ccccc3)n2)cc1. The highest BCUT2D eigenvalue weighted by atomic mass is 16.5. The van der Waals surface area contributed by atoms with E-state index in [0.29, 0.717) is 5.82 Å². The van der Waals surface area contributed by atoms with Crippen molar-refractivity contribution in [2.45, 2.75) is 5.41 Å². The largest absolute Gasteiger partial charge is 0.457 e. The van der Waals surface area contributed by atoms with Crippen LogP contribution >= 0.6 is 0 Å². The van der Waals surface area contributed by atoms with Gasteiger partial charge < -0.3 is 4.74 Å². The Bertz CT molecular complexity index is 2840. The quantitative estimate of drug-likeness (QED) is 0.178. The minimum absolute atomic E-state index is 0.549. The fourth-order valence-electron chi connectivity index (χ4n) is 8.73. The van der Waals surface area contributed by atoms with E-state index < -0.39 is 5.41 Å². The molecule has 1 spiro atoms. The highest BCUT2D eigenvalue weighted by Crippen LogP contribution is 2.62. The molecule has 2 aromatic heterocycles. The molecule has 0 amide bonds. The van der Waals surface area contributed by atoms with E-state index in [1.165, 1.54) is 22.3 Å². The summed E-state index contributed by atoms with van der Waals surface area (Å²) in [4.78, 5) is 14.5. The monoisotopic (exact) mass is 715 g/mol. The molecule has 1 aliphatic heterocycles. The zero-order chi connectivity index (χ0) is 37.1. The molecule has 0 saturated carbocycles. The predicted molar refractivity (Wildman–Crippen MR) is 224 cm³/mol. The first-order chi connectivity index (χ1) is 27.7. The first-order valence-electron chi connectivity index (χ1n) is 18.9. The van der Waals surface area contributed by atoms with Gasteiger partial charge in [-0.15, -0.1) is 0 Å². The van der Waals surface area contributed by atoms with Crippen LogP contribution in [0.1, 0.15) is 22.3 Å². The average Bonchev–Trinajstić information content (AvgIpc) is 3.57. The molecule has 4 heteroatoms. The van der Waals surface area contributed by atoms with Gasteiger partial charge in [-0.25, -0.2) is 9.97 Å². The first-order valence-corrected chi connectivity index (χ1v) is 18.9. The zero-order valence-electron chi connectivity index (χ0n) is 30.3. The molecule has 0 N–H and O–H groups in total. The molecule has 0 atom stereocenters. The maximum Gasteiger partial charge on any atom is 0.160 e. The van der Waals surface area contributed by atoms with Crippen molar-refractivity contribution in [3.8, 4) is 78.8 Å². The molecule has 4 nitrogen and oxygen atoms in total. The minimum atomic E-state index is -0.549. The van der Waals surface area contributed by atoms with Crippen LogP contribution in [0.4, 0.5) is 0 Å². The lowest BCUT2D eigenvalue weighted by Gasteiger charge is -2.39. The summed E-state index contributed by atoms with van der Waals surface area (Å²) in [6.07, 6.45) is 3.71. The lowest BCUT2D eigenvalue weighted by Crippen LogP contribution is -2.32. The number of aromatic nitrogens is 3. The van der Waals surface area contributed by atoms with Gasteiger partial charge >= 0.3 is 0 Å². The third-order valence-corrected chi connectivity index (χ3v) is 11.3. The van der Waals surface area contributed by atoms with Gasteiger partial charge in [0.1, 0.15) is 11.5 Å². The average molecular weight is 716 g/mol. The Morgan fingerprint density at radius 3 is 1.52 bits per heavy atom. The van der Waals surface area contributed by atoms with Gasteiger partial charge in [0.2, 0.25) is 0 Å². The summed E-state index contributed by atoms with van der Waals surface area (Å²) in [6.45, 7) is 0. The van der Waals surface area contributed by atoms with Crippen molar-refractivity contribution in [3.63, 3.8) is 0 Å². The summed E-state index contributed by atoms with van der Waals surface area (Å²) < 4.78 is 7.02. The number of ether oxygens (including phenoxy) is 1. The molecule has 262 valence electrons. The zero-order valence-corrected chi connectivity index (χ0v) is 30.3. The topological polar surface area (TPSA) is 47.9 Å². The molecule has 1 aliphatic carbocycles. The van der Waals surface area contributed by atoms with E-state index in [1.54, 1.807) is 0 Å². The van der Waals surface area contributed by atoms with Crippen molar-refractivity contribution < 1.29 is 4.74 Å². The van der Waals surface area contributed by atoms with Crippen LogP contribution in [0.3, 0.4) is 0 Å². The maximum absolute atomic E-state index is 7.02. The minimum Gasteiger partial charge on any atom is -0.457 e. The van der Waals surface area contributed by atoms with Gasteiger partial charge in [0.15, 0.2) is 5.82 Å². The van der Waals surface area contributed by atoms with Crippen LogP contribution in [0, 0.1) is 0 Å². The number of rotatable bonds is 5. The van der Waals surface area contributed by atoms with Gasteiger partial charge in [-0.05, 0) is 69.3 Å². The van der Waals surface area contributed by atoms with Gasteiger partial charge in [0.05, 0.1) is 16.8 Å². The standard InChI is InChI=1S/C52H33N3O/c1-3-13-34(14-4-1)47-32-48(55-51(54-47)35-15-5-2-6-16-35)39-18-11-17-36(29-39)37-24-26-45-49(30-37)56-50-31-38(40-19-12-28-53-33-40)25-27-46(50)52(45)43-22-9-7-20-41(43)42-21-8-10-23-44(42)52/h1-33H. The summed E-state index contributed by atoms with van der Waals surface area (Å²) in [6, 6.07) is 66.3. The van der Waals surface area contributed by atoms with Crippen LogP contribution in [0.25, 0.3) is 67.3 Å². The van der Waals surface area contributed by atoms with Crippen LogP contribution in [0.2, 0.25) is 0 Å². The Balaban J connectivity index is 1.08. The van der Waals surface area contributed by atoms with Crippen molar-refractivity contribution >= 4 is 0 Å². The van der Waals surface area contributed by atoms with E-state index in [2.05, 4.69) is 151 Å². The molecule has 0 saturated heterocycles. The second-order valence-corrected chi connectivity index (χ2v) is 14.4. The molecular weight excluding hydrogens is 683 g/mol. The molecule has 0 bridgehead atoms. The van der Waals surface area contributed by atoms with Crippen molar-refractivity contribution in [3.05, 3.63) is 223 Å². The lowest BCUT2D eigenvalue weighted by atomic mass is 9.65. The van der Waals surface area contributed by atoms with Crippen LogP contribution in [-0.4, -0.2) is 15.0 Å². The van der Waals surface area contributed by atoms with E-state index in [-0.39, 0.29) is 0 Å². The van der Waals surface area contributed by atoms with Crippen molar-refractivity contribution in [2.75, 3.05) is 0 Å². The van der Waals surface area contributed by atoms with E-state index in [9.17, 15) is 0 Å². The number of hydrogen-bond acceptors (Lipinski definition) is 4. The fraction of sp³-hybridized carbons (Fsp3) is 0.0192. The molecule has 2 aliphatic rings. The fourth-order valence-corrected chi connectivity index (χ4v) is 8.73. The molecule has 0 fully saturated rings. The Hall–Kier alpha value is -7.43. The first kappa shape index (κ1) is 32.0. The Labute approximate surface area is 325 Å². The summed E-state index contributed by atoms with van der Waals surface area (Å²) in [5, 5.41) is 0. The van der Waals surface area contributed by atoms with Gasteiger partial charge in [0.25, 0.3) is 0 Å². The molecular formula is C52H33N3O. The van der Waals surface area contributed by atoms with Crippen LogP contribution in [0.15, 0.2) is 200 Å². The van der Waals surface area contributed by atoms with E-state index in [1.807, 2.05) is 54.9 Å². The number of pyridine rings is 1. The number of nitrogens with zero attached hydrogens (tertiary/aromatic N) is 3. The second kappa shape index (κ2) is 12.9. The summed E-state index contributed by atoms with van der Waals surface area (Å²) >= 11 is 0. The Morgan fingerprint density at radius 1 is 0.357 bits per heavy atom. The van der Waals surface area contributed by atoms with Crippen molar-refractivity contribution in [1.82, 2.24) is 15.0 Å². The van der Waals surface area contributed by atoms with Crippen molar-refractivity contribution in [1.29, 1.82) is 0 Å². The van der Waals surface area contributed by atoms with Gasteiger partial charge in [-0.1, -0.05) is 158 Å². The predicted octanol–water partition coefficient (Wildman–Crippen LogP) is 12.7.